The molecule has 0 aromatic carbocycles. The molecular weight excluding hydrogens is 680 g/mol. The van der Waals surface area contributed by atoms with Crippen LogP contribution < -0.4 is 0 Å². The van der Waals surface area contributed by atoms with Crippen LogP contribution in [0.2, 0.25) is 0 Å². The Morgan fingerprint density at radius 2 is 1.73 bits per heavy atom. The highest BCUT2D eigenvalue weighted by atomic mass is 32.2. The maximum atomic E-state index is 13.0. The Labute approximate surface area is 287 Å². The van der Waals surface area contributed by atoms with E-state index in [0.29, 0.717) is 12.8 Å². The first-order valence-electron chi connectivity index (χ1n) is 16.2. The van der Waals surface area contributed by atoms with Crippen molar-refractivity contribution in [2.45, 2.75) is 115 Å². The fraction of sp³-hybridized carbons (Fsp3) is 0.867. The first-order chi connectivity index (χ1) is 22.9. The first kappa shape index (κ1) is 38.1. The van der Waals surface area contributed by atoms with Crippen molar-refractivity contribution in [1.29, 1.82) is 0 Å². The molecule has 2 bridgehead atoms. The number of esters is 1. The zero-order valence-electron chi connectivity index (χ0n) is 27.0. The van der Waals surface area contributed by atoms with E-state index < -0.39 is 72.8 Å². The fourth-order valence-corrected chi connectivity index (χ4v) is 10.4. The molecule has 5 aliphatic rings. The molecule has 1 saturated heterocycles. The molecule has 5 rings (SSSR count). The molecule has 0 aromatic rings. The number of carbonyl (C=O) groups is 2. The highest BCUT2D eigenvalue weighted by Crippen LogP contribution is 2.70. The lowest BCUT2D eigenvalue weighted by molar-refractivity contribution is -0.436. The summed E-state index contributed by atoms with van der Waals surface area (Å²) in [5, 5.41) is 56.7. The smallest absolute Gasteiger partial charge is 0.306 e. The van der Waals surface area contributed by atoms with E-state index in [9.17, 15) is 24.9 Å². The molecule has 1 aliphatic heterocycles. The molecule has 1 heterocycles. The van der Waals surface area contributed by atoms with Crippen molar-refractivity contribution in [2.24, 2.45) is 40.4 Å². The van der Waals surface area contributed by atoms with E-state index in [1.807, 2.05) is 13.8 Å². The van der Waals surface area contributed by atoms with Crippen molar-refractivity contribution in [1.82, 2.24) is 0 Å². The van der Waals surface area contributed by atoms with Gasteiger partial charge in [-0.25, -0.2) is 10.5 Å². The van der Waals surface area contributed by atoms with Crippen molar-refractivity contribution >= 4 is 36.6 Å². The van der Waals surface area contributed by atoms with Gasteiger partial charge < -0.3 is 29.5 Å². The highest BCUT2D eigenvalue weighted by molar-refractivity contribution is 7.90. The van der Waals surface area contributed by atoms with Gasteiger partial charge in [0, 0.05) is 11.8 Å². The zero-order chi connectivity index (χ0) is 34.8. The van der Waals surface area contributed by atoms with Gasteiger partial charge in [-0.05, 0) is 79.6 Å². The number of aliphatic carboxylic acids is 1. The van der Waals surface area contributed by atoms with Gasteiger partial charge in [-0.15, -0.1) is 8.67 Å². The lowest BCUT2D eigenvalue weighted by atomic mass is 9.43. The molecule has 5 fully saturated rings. The van der Waals surface area contributed by atoms with Crippen LogP contribution in [0.15, 0.2) is 12.2 Å². The van der Waals surface area contributed by atoms with Crippen molar-refractivity contribution in [3.8, 4) is 0 Å². The number of hydrogen-bond acceptors (Lipinski definition) is 17. The van der Waals surface area contributed by atoms with Gasteiger partial charge in [-0.3, -0.25) is 18.0 Å². The lowest BCUT2D eigenvalue weighted by Gasteiger charge is -2.62. The number of ether oxygens (including phenoxy) is 3. The molecule has 4 aliphatic carbocycles. The standard InChI is InChI=1S/C30H46O16S2/c1-14(2)9-22(32)40-25-24(42-48-46-44-37)23(41-47-45-43-36)20(13-31)39-28(25)38-17-10-18(27(34)35)19-7-8-30-11-16(15(3)26(30)33)5-6-21(30)29(19,4)12-17/h14,16-21,23-26,28,31,33,36-37H,3,5-13H2,1-2,4H3,(H,34,35)/t16?,17?,18?,19?,20-,21?,23-,24-,25?,26+,28+,29?,30?/m1/s1. The van der Waals surface area contributed by atoms with E-state index in [2.05, 4.69) is 32.2 Å². The molecule has 13 atom stereocenters. The topological polar surface area (TPSA) is 218 Å². The van der Waals surface area contributed by atoms with Crippen LogP contribution in [0.4, 0.5) is 0 Å². The molecule has 274 valence electrons. The number of fused-ring (bicyclic) bond motifs is 3. The highest BCUT2D eigenvalue weighted by Gasteiger charge is 2.67. The summed E-state index contributed by atoms with van der Waals surface area (Å²) >= 11 is 0.344. The minimum Gasteiger partial charge on any atom is -0.481 e. The Balaban J connectivity index is 1.46. The summed E-state index contributed by atoms with van der Waals surface area (Å²) in [6.07, 6.45) is -3.32. The third-order valence-corrected chi connectivity index (χ3v) is 12.3. The summed E-state index contributed by atoms with van der Waals surface area (Å²) in [4.78, 5) is 25.9. The lowest BCUT2D eigenvalue weighted by Crippen LogP contribution is -2.63. The van der Waals surface area contributed by atoms with Crippen LogP contribution in [-0.4, -0.2) is 87.3 Å². The van der Waals surface area contributed by atoms with Gasteiger partial charge in [0.25, 0.3) is 0 Å². The number of hydrogen-bond donors (Lipinski definition) is 5. The van der Waals surface area contributed by atoms with Crippen LogP contribution in [0.25, 0.3) is 0 Å². The average Bonchev–Trinajstić information content (AvgIpc) is 3.21. The summed E-state index contributed by atoms with van der Waals surface area (Å²) in [5.41, 5.74) is -0.0143. The predicted octanol–water partition coefficient (Wildman–Crippen LogP) is 4.03. The van der Waals surface area contributed by atoms with E-state index in [1.165, 1.54) is 0 Å². The van der Waals surface area contributed by atoms with Crippen LogP contribution in [0.3, 0.4) is 0 Å². The van der Waals surface area contributed by atoms with E-state index in [0.717, 1.165) is 31.3 Å². The molecule has 1 spiro atoms. The zero-order valence-corrected chi connectivity index (χ0v) is 28.7. The quantitative estimate of drug-likeness (QED) is 0.0306. The third-order valence-electron chi connectivity index (χ3n) is 11.5. The van der Waals surface area contributed by atoms with E-state index in [1.54, 1.807) is 0 Å². The monoisotopic (exact) mass is 726 g/mol. The molecular formula is C30H46O16S2. The van der Waals surface area contributed by atoms with Crippen LogP contribution in [-0.2, 0) is 50.9 Å². The number of carboxylic acids is 1. The third kappa shape index (κ3) is 7.43. The van der Waals surface area contributed by atoms with Gasteiger partial charge >= 0.3 is 11.9 Å². The van der Waals surface area contributed by atoms with Crippen LogP contribution in [0, 0.1) is 40.4 Å². The molecule has 48 heavy (non-hydrogen) atoms. The Kier molecular flexibility index (Phi) is 12.8. The summed E-state index contributed by atoms with van der Waals surface area (Å²) in [6.45, 7) is 9.34. The molecule has 4 saturated carbocycles. The molecule has 0 aromatic heterocycles. The van der Waals surface area contributed by atoms with E-state index in [-0.39, 0.29) is 66.6 Å². The fourth-order valence-electron chi connectivity index (χ4n) is 9.69. The summed E-state index contributed by atoms with van der Waals surface area (Å²) in [7, 11) is 0. The Bertz CT molecular complexity index is 1150. The second-order valence-electron chi connectivity index (χ2n) is 14.4. The Morgan fingerprint density at radius 3 is 2.35 bits per heavy atom. The maximum Gasteiger partial charge on any atom is 0.306 e. The molecule has 5 N–H and O–H groups in total. The minimum absolute atomic E-state index is 0.0210. The van der Waals surface area contributed by atoms with Crippen LogP contribution >= 0.6 is 24.6 Å². The summed E-state index contributed by atoms with van der Waals surface area (Å²) < 4.78 is 38.5. The van der Waals surface area contributed by atoms with Gasteiger partial charge in [-0.1, -0.05) is 37.4 Å². The summed E-state index contributed by atoms with van der Waals surface area (Å²) in [6, 6.07) is 0. The number of aliphatic hydroxyl groups is 2. The SMILES string of the molecule is C=C1C2CCC3C4(C)CC(O[C@H]5O[C@H](CO)[C@@H](OSOOO)[C@@H](OSOOO)C5OC(=O)CC(C)C)CC(C(=O)O)C4CCC3(C2)[C@H]1O. The maximum absolute atomic E-state index is 13.0. The van der Waals surface area contributed by atoms with Gasteiger partial charge in [0.2, 0.25) is 0 Å². The average molecular weight is 727 g/mol. The van der Waals surface area contributed by atoms with Crippen molar-refractivity contribution in [3.63, 3.8) is 0 Å². The van der Waals surface area contributed by atoms with Gasteiger partial charge in [-0.2, -0.15) is 0 Å². The Hall–Kier alpha value is -1.10. The second kappa shape index (κ2) is 16.1. The number of rotatable bonds is 15. The first-order valence-corrected chi connectivity index (χ1v) is 17.5. The van der Waals surface area contributed by atoms with Crippen LogP contribution in [0.5, 0.6) is 0 Å². The normalized spacial score (nSPS) is 42.3. The van der Waals surface area contributed by atoms with Gasteiger partial charge in [0.05, 0.1) is 24.7 Å². The van der Waals surface area contributed by atoms with E-state index in [4.69, 9.17) is 33.1 Å². The number of aliphatic hydroxyl groups excluding tert-OH is 2. The van der Waals surface area contributed by atoms with Crippen molar-refractivity contribution in [3.05, 3.63) is 12.2 Å². The van der Waals surface area contributed by atoms with Crippen LogP contribution in [0.1, 0.15) is 72.1 Å². The largest absolute Gasteiger partial charge is 0.481 e. The molecule has 0 radical (unpaired) electrons. The molecule has 0 amide bonds. The number of carbonyl (C=O) groups excluding carboxylic acids is 1. The minimum atomic E-state index is -1.39. The Morgan fingerprint density at radius 1 is 1.04 bits per heavy atom. The van der Waals surface area contributed by atoms with Gasteiger partial charge in [0.1, 0.15) is 18.3 Å². The molecule has 8 unspecified atom stereocenters. The van der Waals surface area contributed by atoms with Gasteiger partial charge in [0.15, 0.2) is 37.0 Å². The predicted molar refractivity (Wildman–Crippen MR) is 164 cm³/mol. The molecule has 16 nitrogen and oxygen atoms in total. The number of carboxylic acid groups (broad SMARTS) is 1. The second-order valence-corrected chi connectivity index (χ2v) is 15.3. The van der Waals surface area contributed by atoms with E-state index >= 15 is 0 Å². The molecule has 18 heteroatoms. The summed E-state index contributed by atoms with van der Waals surface area (Å²) in [5.74, 6) is -2.24. The van der Waals surface area contributed by atoms with Crippen molar-refractivity contribution in [2.75, 3.05) is 6.61 Å². The van der Waals surface area contributed by atoms with Crippen molar-refractivity contribution < 1.29 is 76.7 Å².